The summed E-state index contributed by atoms with van der Waals surface area (Å²) in [6.07, 6.45) is -3.23. The van der Waals surface area contributed by atoms with E-state index >= 15 is 0 Å². The molecule has 1 saturated heterocycles. The summed E-state index contributed by atoms with van der Waals surface area (Å²) in [4.78, 5) is 37.5. The summed E-state index contributed by atoms with van der Waals surface area (Å²) in [6.45, 7) is 2.61. The van der Waals surface area contributed by atoms with Gasteiger partial charge in [0.05, 0.1) is 5.56 Å². The van der Waals surface area contributed by atoms with Gasteiger partial charge in [-0.2, -0.15) is 13.2 Å². The van der Waals surface area contributed by atoms with Crippen molar-refractivity contribution in [3.63, 3.8) is 0 Å². The van der Waals surface area contributed by atoms with Crippen molar-refractivity contribution >= 4 is 24.0 Å². The Hall–Kier alpha value is -5.27. The van der Waals surface area contributed by atoms with Gasteiger partial charge in [-0.25, -0.2) is 14.4 Å². The van der Waals surface area contributed by atoms with Gasteiger partial charge in [0.1, 0.15) is 24.2 Å². The van der Waals surface area contributed by atoms with E-state index in [9.17, 15) is 22.8 Å². The van der Waals surface area contributed by atoms with Gasteiger partial charge in [0, 0.05) is 39.0 Å². The maximum Gasteiger partial charge on any atom is 0.490 e. The van der Waals surface area contributed by atoms with Crippen molar-refractivity contribution in [3.8, 4) is 11.5 Å². The van der Waals surface area contributed by atoms with Gasteiger partial charge in [-0.1, -0.05) is 36.4 Å². The Balaban J connectivity index is 0.000000617. The highest BCUT2D eigenvalue weighted by atomic mass is 19.4. The number of likely N-dealkylation sites (tertiary alicyclic amines) is 1. The minimum absolute atomic E-state index is 0.0222. The van der Waals surface area contributed by atoms with Gasteiger partial charge in [-0.15, -0.1) is 0 Å². The van der Waals surface area contributed by atoms with Crippen LogP contribution in [0, 0.1) is 5.41 Å². The van der Waals surface area contributed by atoms with E-state index in [0.29, 0.717) is 56.1 Å². The zero-order valence-corrected chi connectivity index (χ0v) is 24.7. The maximum absolute atomic E-state index is 12.7. The number of aliphatic carboxylic acids is 1. The number of guanidine groups is 1. The Morgan fingerprint density at radius 1 is 0.891 bits per heavy atom. The summed E-state index contributed by atoms with van der Waals surface area (Å²) in [5.74, 6) is -2.05. The Kier molecular flexibility index (Phi) is 11.1. The Morgan fingerprint density at radius 3 is 2.13 bits per heavy atom. The second kappa shape index (κ2) is 15.1. The number of nitrogens with two attached hydrogens (primary N) is 1. The molecule has 244 valence electrons. The van der Waals surface area contributed by atoms with E-state index in [1.165, 1.54) is 5.56 Å². The summed E-state index contributed by atoms with van der Waals surface area (Å²) in [6, 6.07) is 22.1. The number of amides is 1. The SMILES string of the molecule is N=C(N)N1CCc2ccc(OC(=O)c3ccc(OC4CCN(C(=O)OCc5ccccc5)CC4)cc3)cc2C1.O=C(O)C(F)(F)F. The van der Waals surface area contributed by atoms with Crippen molar-refractivity contribution < 1.29 is 46.9 Å². The number of carbonyl (C=O) groups excluding carboxylic acids is 2. The van der Waals surface area contributed by atoms with E-state index in [0.717, 1.165) is 17.5 Å². The lowest BCUT2D eigenvalue weighted by molar-refractivity contribution is -0.192. The van der Waals surface area contributed by atoms with E-state index < -0.39 is 18.1 Å². The Labute approximate surface area is 262 Å². The van der Waals surface area contributed by atoms with Crippen molar-refractivity contribution in [2.24, 2.45) is 5.73 Å². The molecule has 0 aromatic heterocycles. The number of nitrogens with one attached hydrogen (secondary N) is 1. The number of carboxylic acid groups (broad SMARTS) is 1. The first-order chi connectivity index (χ1) is 21.9. The monoisotopic (exact) mass is 642 g/mol. The molecule has 0 atom stereocenters. The van der Waals surface area contributed by atoms with Crippen LogP contribution in [-0.4, -0.2) is 70.8 Å². The van der Waals surface area contributed by atoms with Crippen LogP contribution >= 0.6 is 0 Å². The molecular formula is C32H33F3N4O7. The van der Waals surface area contributed by atoms with Crippen LogP contribution in [0.15, 0.2) is 72.8 Å². The molecule has 0 unspecified atom stereocenters. The van der Waals surface area contributed by atoms with Crippen molar-refractivity contribution in [1.29, 1.82) is 5.41 Å². The summed E-state index contributed by atoms with van der Waals surface area (Å²) < 4.78 is 48.9. The molecule has 0 aliphatic carbocycles. The highest BCUT2D eigenvalue weighted by molar-refractivity contribution is 5.91. The molecular weight excluding hydrogens is 609 g/mol. The predicted octanol–water partition coefficient (Wildman–Crippen LogP) is 4.97. The van der Waals surface area contributed by atoms with Gasteiger partial charge in [0.2, 0.25) is 0 Å². The summed E-state index contributed by atoms with van der Waals surface area (Å²) in [5.41, 5.74) is 9.18. The molecule has 11 nitrogen and oxygen atoms in total. The number of nitrogens with zero attached hydrogens (tertiary/aromatic N) is 2. The molecule has 1 amide bonds. The number of hydrogen-bond acceptors (Lipinski definition) is 7. The van der Waals surface area contributed by atoms with Gasteiger partial charge >= 0.3 is 24.2 Å². The summed E-state index contributed by atoms with van der Waals surface area (Å²) >= 11 is 0. The molecule has 4 N–H and O–H groups in total. The number of alkyl halides is 3. The molecule has 0 saturated carbocycles. The van der Waals surface area contributed by atoms with Crippen LogP contribution in [-0.2, 0) is 29.1 Å². The molecule has 3 aromatic carbocycles. The van der Waals surface area contributed by atoms with E-state index in [-0.39, 0.29) is 24.8 Å². The molecule has 0 bridgehead atoms. The molecule has 46 heavy (non-hydrogen) atoms. The number of benzene rings is 3. The van der Waals surface area contributed by atoms with Gasteiger partial charge in [-0.3, -0.25) is 5.41 Å². The molecule has 0 spiro atoms. The van der Waals surface area contributed by atoms with E-state index in [4.69, 9.17) is 35.3 Å². The number of carbonyl (C=O) groups is 3. The lowest BCUT2D eigenvalue weighted by atomic mass is 10.00. The zero-order chi connectivity index (χ0) is 33.3. The first kappa shape index (κ1) is 33.6. The van der Waals surface area contributed by atoms with Crippen LogP contribution in [0.4, 0.5) is 18.0 Å². The maximum atomic E-state index is 12.7. The third-order valence-corrected chi connectivity index (χ3v) is 7.28. The van der Waals surface area contributed by atoms with Crippen LogP contribution in [0.5, 0.6) is 11.5 Å². The van der Waals surface area contributed by atoms with Gasteiger partial charge < -0.3 is 34.9 Å². The van der Waals surface area contributed by atoms with E-state index in [1.807, 2.05) is 42.5 Å². The lowest BCUT2D eigenvalue weighted by Gasteiger charge is -2.31. The quantitative estimate of drug-likeness (QED) is 0.146. The molecule has 14 heteroatoms. The highest BCUT2D eigenvalue weighted by Gasteiger charge is 2.38. The third-order valence-electron chi connectivity index (χ3n) is 7.28. The van der Waals surface area contributed by atoms with Crippen LogP contribution in [0.25, 0.3) is 0 Å². The molecule has 0 radical (unpaired) electrons. The molecule has 2 aliphatic rings. The average molecular weight is 643 g/mol. The zero-order valence-electron chi connectivity index (χ0n) is 24.7. The van der Waals surface area contributed by atoms with Crippen LogP contribution in [0.2, 0.25) is 0 Å². The fourth-order valence-electron chi connectivity index (χ4n) is 4.80. The Morgan fingerprint density at radius 2 is 1.52 bits per heavy atom. The van der Waals surface area contributed by atoms with Crippen molar-refractivity contribution in [2.45, 2.75) is 44.7 Å². The number of halogens is 3. The Bertz CT molecular complexity index is 1530. The van der Waals surface area contributed by atoms with Gasteiger partial charge in [0.25, 0.3) is 0 Å². The van der Waals surface area contributed by atoms with Crippen molar-refractivity contribution in [3.05, 3.63) is 95.1 Å². The van der Waals surface area contributed by atoms with Crippen molar-refractivity contribution in [2.75, 3.05) is 19.6 Å². The number of fused-ring (bicyclic) bond motifs is 1. The van der Waals surface area contributed by atoms with Crippen LogP contribution in [0.1, 0.15) is 39.9 Å². The number of ether oxygens (including phenoxy) is 3. The number of piperidine rings is 1. The molecule has 3 aromatic rings. The van der Waals surface area contributed by atoms with Crippen molar-refractivity contribution in [1.82, 2.24) is 9.80 Å². The first-order valence-electron chi connectivity index (χ1n) is 14.3. The summed E-state index contributed by atoms with van der Waals surface area (Å²) in [5, 5.41) is 14.8. The molecule has 2 heterocycles. The smallest absolute Gasteiger partial charge is 0.490 e. The molecule has 1 fully saturated rings. The minimum atomic E-state index is -5.08. The lowest BCUT2D eigenvalue weighted by Crippen LogP contribution is -2.42. The normalized spacial score (nSPS) is 14.7. The highest BCUT2D eigenvalue weighted by Crippen LogP contribution is 2.25. The number of carboxylic acids is 1. The number of rotatable bonds is 6. The first-order valence-corrected chi connectivity index (χ1v) is 14.3. The number of hydrogen-bond donors (Lipinski definition) is 3. The third kappa shape index (κ3) is 9.61. The molecule has 2 aliphatic heterocycles. The van der Waals surface area contributed by atoms with E-state index in [2.05, 4.69) is 0 Å². The van der Waals surface area contributed by atoms with Gasteiger partial charge in [-0.05, 0) is 59.5 Å². The second-order valence-corrected chi connectivity index (χ2v) is 10.5. The number of esters is 1. The largest absolute Gasteiger partial charge is 0.490 e. The fraction of sp³-hybridized carbons (Fsp3) is 0.312. The van der Waals surface area contributed by atoms with Crippen LogP contribution < -0.4 is 15.2 Å². The molecule has 5 rings (SSSR count). The van der Waals surface area contributed by atoms with E-state index in [1.54, 1.807) is 40.1 Å². The summed E-state index contributed by atoms with van der Waals surface area (Å²) in [7, 11) is 0. The second-order valence-electron chi connectivity index (χ2n) is 10.5. The average Bonchev–Trinajstić information content (AvgIpc) is 3.04. The van der Waals surface area contributed by atoms with Gasteiger partial charge in [0.15, 0.2) is 5.96 Å². The fourth-order valence-corrected chi connectivity index (χ4v) is 4.80. The minimum Gasteiger partial charge on any atom is -0.490 e. The standard InChI is InChI=1S/C30H32N4O5.C2HF3O2/c31-29(32)34-15-12-22-6-11-27(18-24(22)19-34)39-28(35)23-7-9-25(10-8-23)38-26-13-16-33(17-14-26)30(36)37-20-21-4-2-1-3-5-21;3-2(4,5)1(6)7/h1-11,18,26H,12-17,19-20H2,(H3,31,32);(H,6,7). The predicted molar refractivity (Wildman–Crippen MR) is 159 cm³/mol. The topological polar surface area (TPSA) is 155 Å². The van der Waals surface area contributed by atoms with Crippen LogP contribution in [0.3, 0.4) is 0 Å².